The predicted molar refractivity (Wildman–Crippen MR) is 120 cm³/mol. The van der Waals surface area contributed by atoms with Gasteiger partial charge < -0.3 is 0 Å². The number of sulfonamides is 1. The highest BCUT2D eigenvalue weighted by atomic mass is 35.5. The number of anilines is 1. The fraction of sp³-hybridized carbons (Fsp3) is 0.0909. The first-order valence-corrected chi connectivity index (χ1v) is 11.3. The monoisotopic (exact) mass is 441 g/mol. The van der Waals surface area contributed by atoms with Crippen molar-refractivity contribution in [3.8, 4) is 0 Å². The molecule has 30 heavy (non-hydrogen) atoms. The van der Waals surface area contributed by atoms with Crippen LogP contribution in [0.15, 0.2) is 84.0 Å². The van der Waals surface area contributed by atoms with Crippen LogP contribution in [0.3, 0.4) is 0 Å². The van der Waals surface area contributed by atoms with Gasteiger partial charge in [0.2, 0.25) is 10.0 Å². The van der Waals surface area contributed by atoms with Crippen LogP contribution < -0.4 is 9.73 Å². The fourth-order valence-corrected chi connectivity index (χ4v) is 3.81. The second-order valence-electron chi connectivity index (χ2n) is 6.52. The number of hydrogen-bond donors (Lipinski definition) is 1. The van der Waals surface area contributed by atoms with Crippen molar-refractivity contribution in [3.63, 3.8) is 0 Å². The van der Waals surface area contributed by atoms with Gasteiger partial charge in [0.15, 0.2) is 0 Å². The molecule has 0 bridgehead atoms. The molecule has 0 aliphatic heterocycles. The lowest BCUT2D eigenvalue weighted by Gasteiger charge is -2.22. The van der Waals surface area contributed by atoms with Crippen molar-refractivity contribution < 1.29 is 13.2 Å². The molecular weight excluding hydrogens is 422 g/mol. The molecule has 0 unspecified atom stereocenters. The van der Waals surface area contributed by atoms with E-state index in [0.717, 1.165) is 11.8 Å². The molecule has 3 aromatic rings. The van der Waals surface area contributed by atoms with Crippen molar-refractivity contribution in [2.24, 2.45) is 5.10 Å². The summed E-state index contributed by atoms with van der Waals surface area (Å²) in [6, 6.07) is 22.7. The fourth-order valence-electron chi connectivity index (χ4n) is 2.73. The number of hydrogen-bond acceptors (Lipinski definition) is 4. The lowest BCUT2D eigenvalue weighted by Crippen LogP contribution is -2.29. The first kappa shape index (κ1) is 21.5. The first-order valence-electron chi connectivity index (χ1n) is 9.04. The molecule has 0 spiro atoms. The average molecular weight is 442 g/mol. The van der Waals surface area contributed by atoms with Gasteiger partial charge in [-0.15, -0.1) is 0 Å². The molecule has 1 N–H and O–H groups in total. The molecule has 0 aliphatic rings. The van der Waals surface area contributed by atoms with Gasteiger partial charge in [0, 0.05) is 16.1 Å². The minimum absolute atomic E-state index is 0.202. The summed E-state index contributed by atoms with van der Waals surface area (Å²) in [5, 5.41) is 4.44. The highest BCUT2D eigenvalue weighted by Crippen LogP contribution is 2.21. The molecule has 0 aliphatic carbocycles. The number of carbonyl (C=O) groups is 1. The van der Waals surface area contributed by atoms with E-state index in [9.17, 15) is 13.2 Å². The van der Waals surface area contributed by atoms with Crippen molar-refractivity contribution in [3.05, 3.63) is 101 Å². The number of carbonyl (C=O) groups excluding carboxylic acids is 1. The van der Waals surface area contributed by atoms with Crippen molar-refractivity contribution in [1.29, 1.82) is 0 Å². The van der Waals surface area contributed by atoms with Crippen LogP contribution >= 0.6 is 11.6 Å². The molecule has 154 valence electrons. The predicted octanol–water partition coefficient (Wildman–Crippen LogP) is 4.07. The van der Waals surface area contributed by atoms with E-state index in [1.807, 2.05) is 36.4 Å². The van der Waals surface area contributed by atoms with Gasteiger partial charge in [-0.25, -0.2) is 13.8 Å². The third-order valence-electron chi connectivity index (χ3n) is 4.26. The largest absolute Gasteiger partial charge is 0.271 e. The summed E-state index contributed by atoms with van der Waals surface area (Å²) in [7, 11) is -3.50. The molecule has 0 heterocycles. The lowest BCUT2D eigenvalue weighted by atomic mass is 10.2. The summed E-state index contributed by atoms with van der Waals surface area (Å²) in [5.74, 6) is -0.418. The lowest BCUT2D eigenvalue weighted by molar-refractivity contribution is 0.0955. The Hall–Kier alpha value is -3.16. The maximum Gasteiger partial charge on any atom is 0.271 e. The van der Waals surface area contributed by atoms with Gasteiger partial charge in [-0.1, -0.05) is 60.1 Å². The van der Waals surface area contributed by atoms with E-state index in [-0.39, 0.29) is 6.54 Å². The molecule has 3 aromatic carbocycles. The van der Waals surface area contributed by atoms with Crippen LogP contribution in [-0.4, -0.2) is 26.8 Å². The molecule has 0 fully saturated rings. The summed E-state index contributed by atoms with van der Waals surface area (Å²) in [4.78, 5) is 12.3. The zero-order chi connectivity index (χ0) is 21.6. The van der Waals surface area contributed by atoms with Crippen molar-refractivity contribution in [2.75, 3.05) is 10.6 Å². The Labute approximate surface area is 180 Å². The Morgan fingerprint density at radius 2 is 1.63 bits per heavy atom. The number of nitrogens with one attached hydrogen (secondary N) is 1. The highest BCUT2D eigenvalue weighted by Gasteiger charge is 2.18. The Morgan fingerprint density at radius 3 is 2.27 bits per heavy atom. The molecule has 3 rings (SSSR count). The van der Waals surface area contributed by atoms with Gasteiger partial charge in [0.25, 0.3) is 5.91 Å². The number of nitrogens with zero attached hydrogens (tertiary/aromatic N) is 2. The maximum absolute atomic E-state index is 12.3. The smallest absolute Gasteiger partial charge is 0.267 e. The summed E-state index contributed by atoms with van der Waals surface area (Å²) in [6.45, 7) is 0.202. The summed E-state index contributed by atoms with van der Waals surface area (Å²) in [6.07, 6.45) is 2.61. The van der Waals surface area contributed by atoms with Gasteiger partial charge in [-0.2, -0.15) is 5.10 Å². The molecule has 1 amide bonds. The Kier molecular flexibility index (Phi) is 6.87. The van der Waals surface area contributed by atoms with E-state index in [0.29, 0.717) is 21.8 Å². The zero-order valence-corrected chi connectivity index (χ0v) is 17.8. The molecule has 0 saturated carbocycles. The van der Waals surface area contributed by atoms with Gasteiger partial charge in [-0.3, -0.25) is 9.10 Å². The molecule has 8 heteroatoms. The van der Waals surface area contributed by atoms with Crippen molar-refractivity contribution >= 4 is 39.4 Å². The molecule has 0 aromatic heterocycles. The number of halogens is 1. The highest BCUT2D eigenvalue weighted by molar-refractivity contribution is 7.92. The number of benzene rings is 3. The number of amides is 1. The number of rotatable bonds is 7. The SMILES string of the molecule is CS(=O)(=O)N(Cc1ccccc1)c1ccc(C(=O)NN=Cc2ccccc2Cl)cc1. The van der Waals surface area contributed by atoms with Crippen LogP contribution in [0.25, 0.3) is 0 Å². The second-order valence-corrected chi connectivity index (χ2v) is 8.84. The van der Waals surface area contributed by atoms with Crippen molar-refractivity contribution in [1.82, 2.24) is 5.43 Å². The van der Waals surface area contributed by atoms with E-state index in [4.69, 9.17) is 11.6 Å². The van der Waals surface area contributed by atoms with E-state index in [1.165, 1.54) is 10.5 Å². The summed E-state index contributed by atoms with van der Waals surface area (Å²) in [5.41, 5.74) is 4.79. The van der Waals surface area contributed by atoms with E-state index >= 15 is 0 Å². The topological polar surface area (TPSA) is 78.8 Å². The van der Waals surface area contributed by atoms with Gasteiger partial charge in [0.05, 0.1) is 24.7 Å². The average Bonchev–Trinajstić information content (AvgIpc) is 2.73. The molecular formula is C22H20ClN3O3S. The summed E-state index contributed by atoms with van der Waals surface area (Å²) >= 11 is 6.04. The zero-order valence-electron chi connectivity index (χ0n) is 16.2. The quantitative estimate of drug-likeness (QED) is 0.443. The van der Waals surface area contributed by atoms with Crippen LogP contribution in [-0.2, 0) is 16.6 Å². The van der Waals surface area contributed by atoms with E-state index < -0.39 is 15.9 Å². The minimum Gasteiger partial charge on any atom is -0.267 e. The van der Waals surface area contributed by atoms with E-state index in [2.05, 4.69) is 10.5 Å². The third-order valence-corrected chi connectivity index (χ3v) is 5.75. The first-order chi connectivity index (χ1) is 14.3. The van der Waals surface area contributed by atoms with Crippen LogP contribution in [0, 0.1) is 0 Å². The van der Waals surface area contributed by atoms with Crippen LogP contribution in [0.5, 0.6) is 0 Å². The molecule has 0 radical (unpaired) electrons. The van der Waals surface area contributed by atoms with Gasteiger partial charge in [0.1, 0.15) is 0 Å². The molecule has 0 saturated heterocycles. The Morgan fingerprint density at radius 1 is 1.00 bits per heavy atom. The van der Waals surface area contributed by atoms with E-state index in [1.54, 1.807) is 42.5 Å². The standard InChI is InChI=1S/C22H20ClN3O3S/c1-30(28,29)26(16-17-7-3-2-4-8-17)20-13-11-18(12-14-20)22(27)25-24-15-19-9-5-6-10-21(19)23/h2-15H,16H2,1H3,(H,25,27). The Bertz CT molecular complexity index is 1150. The minimum atomic E-state index is -3.50. The number of hydrazone groups is 1. The van der Waals surface area contributed by atoms with Crippen molar-refractivity contribution in [2.45, 2.75) is 6.54 Å². The third kappa shape index (κ3) is 5.68. The molecule has 6 nitrogen and oxygen atoms in total. The maximum atomic E-state index is 12.3. The molecule has 0 atom stereocenters. The normalized spacial score (nSPS) is 11.4. The van der Waals surface area contributed by atoms with Gasteiger partial charge in [-0.05, 0) is 35.9 Å². The van der Waals surface area contributed by atoms with Gasteiger partial charge >= 0.3 is 0 Å². The Balaban J connectivity index is 1.72. The van der Waals surface area contributed by atoms with Crippen LogP contribution in [0.1, 0.15) is 21.5 Å². The van der Waals surface area contributed by atoms with Crippen LogP contribution in [0.4, 0.5) is 5.69 Å². The second kappa shape index (κ2) is 9.56. The van der Waals surface area contributed by atoms with Crippen LogP contribution in [0.2, 0.25) is 5.02 Å². The summed E-state index contributed by atoms with van der Waals surface area (Å²) < 4.78 is 25.8.